The molecular formula is C18H27BrFN3O2. The van der Waals surface area contributed by atoms with Gasteiger partial charge in [0.15, 0.2) is 5.96 Å². The minimum absolute atomic E-state index is 0.255. The zero-order valence-corrected chi connectivity index (χ0v) is 16.3. The van der Waals surface area contributed by atoms with Crippen LogP contribution in [0.3, 0.4) is 0 Å². The Morgan fingerprint density at radius 3 is 3.08 bits per heavy atom. The highest BCUT2D eigenvalue weighted by atomic mass is 79.9. The van der Waals surface area contributed by atoms with Crippen molar-refractivity contribution in [3.05, 3.63) is 34.1 Å². The van der Waals surface area contributed by atoms with Crippen LogP contribution in [0.25, 0.3) is 0 Å². The summed E-state index contributed by atoms with van der Waals surface area (Å²) in [6.07, 6.45) is 3.40. The molecule has 0 amide bonds. The highest BCUT2D eigenvalue weighted by molar-refractivity contribution is 9.10. The summed E-state index contributed by atoms with van der Waals surface area (Å²) in [6, 6.07) is 4.62. The second kappa shape index (κ2) is 11.4. The minimum Gasteiger partial charge on any atom is -0.379 e. The zero-order valence-electron chi connectivity index (χ0n) is 14.7. The number of hydrogen-bond acceptors (Lipinski definition) is 3. The number of benzene rings is 1. The smallest absolute Gasteiger partial charge is 0.191 e. The maximum absolute atomic E-state index is 13.3. The quantitative estimate of drug-likeness (QED) is 0.369. The van der Waals surface area contributed by atoms with Crippen molar-refractivity contribution in [2.24, 2.45) is 4.99 Å². The SMILES string of the molecule is CCNC(=NCc1cc(F)ccc1Br)NCCCOCC1CCCO1. The Labute approximate surface area is 157 Å². The Morgan fingerprint density at radius 1 is 1.44 bits per heavy atom. The molecule has 0 aliphatic carbocycles. The van der Waals surface area contributed by atoms with E-state index in [4.69, 9.17) is 9.47 Å². The fraction of sp³-hybridized carbons (Fsp3) is 0.611. The Kier molecular flexibility index (Phi) is 9.21. The molecule has 7 heteroatoms. The van der Waals surface area contributed by atoms with Gasteiger partial charge >= 0.3 is 0 Å². The van der Waals surface area contributed by atoms with Crippen LogP contribution in [0.2, 0.25) is 0 Å². The Morgan fingerprint density at radius 2 is 2.32 bits per heavy atom. The molecule has 1 aromatic carbocycles. The molecule has 0 aromatic heterocycles. The first kappa shape index (κ1) is 20.1. The molecule has 5 nitrogen and oxygen atoms in total. The van der Waals surface area contributed by atoms with E-state index in [9.17, 15) is 4.39 Å². The highest BCUT2D eigenvalue weighted by Gasteiger charge is 2.14. The van der Waals surface area contributed by atoms with E-state index in [0.29, 0.717) is 19.8 Å². The van der Waals surface area contributed by atoms with E-state index < -0.39 is 0 Å². The van der Waals surface area contributed by atoms with Crippen LogP contribution in [0, 0.1) is 5.82 Å². The van der Waals surface area contributed by atoms with Crippen molar-refractivity contribution < 1.29 is 13.9 Å². The molecule has 0 spiro atoms. The summed E-state index contributed by atoms with van der Waals surface area (Å²) in [6.45, 7) is 6.19. The molecule has 0 radical (unpaired) electrons. The molecule has 1 atom stereocenters. The van der Waals surface area contributed by atoms with Crippen LogP contribution in [-0.2, 0) is 16.0 Å². The number of halogens is 2. The van der Waals surface area contributed by atoms with Gasteiger partial charge in [-0.2, -0.15) is 0 Å². The molecule has 1 aliphatic heterocycles. The summed E-state index contributed by atoms with van der Waals surface area (Å²) in [5, 5.41) is 6.46. The van der Waals surface area contributed by atoms with E-state index in [2.05, 4.69) is 31.6 Å². The average molecular weight is 416 g/mol. The van der Waals surface area contributed by atoms with Gasteiger partial charge in [-0.1, -0.05) is 15.9 Å². The second-order valence-electron chi connectivity index (χ2n) is 5.92. The van der Waals surface area contributed by atoms with Crippen LogP contribution in [0.15, 0.2) is 27.7 Å². The van der Waals surface area contributed by atoms with Crippen LogP contribution < -0.4 is 10.6 Å². The summed E-state index contributed by atoms with van der Waals surface area (Å²) in [5.41, 5.74) is 0.817. The number of nitrogens with one attached hydrogen (secondary N) is 2. The summed E-state index contributed by atoms with van der Waals surface area (Å²) in [4.78, 5) is 4.50. The lowest BCUT2D eigenvalue weighted by molar-refractivity contribution is 0.0168. The van der Waals surface area contributed by atoms with Gasteiger partial charge in [-0.3, -0.25) is 0 Å². The molecule has 1 fully saturated rings. The van der Waals surface area contributed by atoms with Crippen molar-refractivity contribution in [3.8, 4) is 0 Å². The molecule has 140 valence electrons. The van der Waals surface area contributed by atoms with Gasteiger partial charge in [0.2, 0.25) is 0 Å². The standard InChI is InChI=1S/C18H27BrFN3O2/c1-2-21-18(23-12-14-11-15(20)6-7-17(14)19)22-8-4-9-24-13-16-5-3-10-25-16/h6-7,11,16H,2-5,8-10,12-13H2,1H3,(H2,21,22,23). The van der Waals surface area contributed by atoms with E-state index >= 15 is 0 Å². The van der Waals surface area contributed by atoms with Gasteiger partial charge in [-0.25, -0.2) is 9.38 Å². The van der Waals surface area contributed by atoms with Crippen molar-refractivity contribution in [1.82, 2.24) is 10.6 Å². The van der Waals surface area contributed by atoms with Crippen molar-refractivity contribution in [2.75, 3.05) is 32.9 Å². The van der Waals surface area contributed by atoms with Crippen molar-refractivity contribution in [3.63, 3.8) is 0 Å². The van der Waals surface area contributed by atoms with Gasteiger partial charge in [-0.05, 0) is 49.9 Å². The number of aliphatic imine (C=N–C) groups is 1. The lowest BCUT2D eigenvalue weighted by Gasteiger charge is -2.13. The first-order valence-electron chi connectivity index (χ1n) is 8.84. The highest BCUT2D eigenvalue weighted by Crippen LogP contribution is 2.18. The first-order valence-corrected chi connectivity index (χ1v) is 9.63. The van der Waals surface area contributed by atoms with Gasteiger partial charge in [0, 0.05) is 30.8 Å². The molecule has 2 N–H and O–H groups in total. The summed E-state index contributed by atoms with van der Waals surface area (Å²) >= 11 is 3.42. The summed E-state index contributed by atoms with van der Waals surface area (Å²) in [7, 11) is 0. The zero-order chi connectivity index (χ0) is 17.9. The third-order valence-electron chi connectivity index (χ3n) is 3.85. The third kappa shape index (κ3) is 7.71. The molecule has 0 saturated carbocycles. The lowest BCUT2D eigenvalue weighted by Crippen LogP contribution is -2.38. The molecule has 1 heterocycles. The van der Waals surface area contributed by atoms with Crippen molar-refractivity contribution in [1.29, 1.82) is 0 Å². The monoisotopic (exact) mass is 415 g/mol. The van der Waals surface area contributed by atoms with Crippen LogP contribution in [0.1, 0.15) is 31.7 Å². The second-order valence-corrected chi connectivity index (χ2v) is 6.78. The Hall–Kier alpha value is -1.18. The van der Waals surface area contributed by atoms with E-state index in [0.717, 1.165) is 55.0 Å². The molecule has 1 unspecified atom stereocenters. The summed E-state index contributed by atoms with van der Waals surface area (Å²) in [5.74, 6) is 0.465. The molecular weight excluding hydrogens is 389 g/mol. The molecule has 25 heavy (non-hydrogen) atoms. The maximum atomic E-state index is 13.3. The largest absolute Gasteiger partial charge is 0.379 e. The van der Waals surface area contributed by atoms with Gasteiger partial charge < -0.3 is 20.1 Å². The van der Waals surface area contributed by atoms with Crippen LogP contribution >= 0.6 is 15.9 Å². The number of guanidine groups is 1. The van der Waals surface area contributed by atoms with Crippen molar-refractivity contribution in [2.45, 2.75) is 38.8 Å². The molecule has 2 rings (SSSR count). The number of nitrogens with zero attached hydrogens (tertiary/aromatic N) is 1. The van der Waals surface area contributed by atoms with E-state index in [-0.39, 0.29) is 11.9 Å². The van der Waals surface area contributed by atoms with Gasteiger partial charge in [0.25, 0.3) is 0 Å². The van der Waals surface area contributed by atoms with Gasteiger partial charge in [0.05, 0.1) is 19.3 Å². The number of ether oxygens (including phenoxy) is 2. The number of rotatable bonds is 9. The van der Waals surface area contributed by atoms with E-state index in [1.807, 2.05) is 6.92 Å². The van der Waals surface area contributed by atoms with Crippen LogP contribution in [0.5, 0.6) is 0 Å². The summed E-state index contributed by atoms with van der Waals surface area (Å²) < 4.78 is 25.4. The topological polar surface area (TPSA) is 54.9 Å². The van der Waals surface area contributed by atoms with Crippen LogP contribution in [0.4, 0.5) is 4.39 Å². The molecule has 1 saturated heterocycles. The van der Waals surface area contributed by atoms with E-state index in [1.165, 1.54) is 12.1 Å². The first-order chi connectivity index (χ1) is 12.2. The Balaban J connectivity index is 1.69. The van der Waals surface area contributed by atoms with Gasteiger partial charge in [-0.15, -0.1) is 0 Å². The average Bonchev–Trinajstić information content (AvgIpc) is 3.11. The maximum Gasteiger partial charge on any atom is 0.191 e. The molecule has 0 bridgehead atoms. The minimum atomic E-state index is -0.255. The van der Waals surface area contributed by atoms with Gasteiger partial charge in [0.1, 0.15) is 5.82 Å². The fourth-order valence-corrected chi connectivity index (χ4v) is 2.91. The fourth-order valence-electron chi connectivity index (χ4n) is 2.54. The van der Waals surface area contributed by atoms with Crippen LogP contribution in [-0.4, -0.2) is 45.0 Å². The molecule has 1 aromatic rings. The predicted molar refractivity (Wildman–Crippen MR) is 101 cm³/mol. The van der Waals surface area contributed by atoms with E-state index in [1.54, 1.807) is 6.07 Å². The molecule has 1 aliphatic rings. The Bertz CT molecular complexity index is 551. The van der Waals surface area contributed by atoms with Crippen molar-refractivity contribution >= 4 is 21.9 Å². The third-order valence-corrected chi connectivity index (χ3v) is 4.62. The lowest BCUT2D eigenvalue weighted by atomic mass is 10.2. The normalized spacial score (nSPS) is 17.7. The predicted octanol–water partition coefficient (Wildman–Crippen LogP) is 3.23. The number of hydrogen-bond donors (Lipinski definition) is 2.